The van der Waals surface area contributed by atoms with Gasteiger partial charge in [-0.05, 0) is 17.5 Å². The minimum Gasteiger partial charge on any atom is -0.469 e. The number of thioether (sulfide) groups is 1. The quantitative estimate of drug-likeness (QED) is 0.484. The van der Waals surface area contributed by atoms with Gasteiger partial charge in [0.25, 0.3) is 0 Å². The lowest BCUT2D eigenvalue weighted by molar-refractivity contribution is -0.153. The van der Waals surface area contributed by atoms with Crippen LogP contribution in [0.1, 0.15) is 30.9 Å². The number of rotatable bonds is 8. The van der Waals surface area contributed by atoms with E-state index in [0.29, 0.717) is 25.3 Å². The highest BCUT2D eigenvalue weighted by Crippen LogP contribution is 2.51. The van der Waals surface area contributed by atoms with Crippen LogP contribution in [0.25, 0.3) is 0 Å². The number of ether oxygens (including phenoxy) is 1. The second kappa shape index (κ2) is 9.55. The molecule has 1 N–H and O–H groups in total. The van der Waals surface area contributed by atoms with Crippen LogP contribution in [0.3, 0.4) is 0 Å². The molecule has 4 rings (SSSR count). The van der Waals surface area contributed by atoms with Crippen LogP contribution in [-0.2, 0) is 22.6 Å². The molecule has 2 saturated heterocycles. The fourth-order valence-corrected chi connectivity index (χ4v) is 6.60. The van der Waals surface area contributed by atoms with Crippen LogP contribution in [0.2, 0.25) is 0 Å². The minimum absolute atomic E-state index is 0.105. The third-order valence-corrected chi connectivity index (χ3v) is 7.95. The molecule has 32 heavy (non-hydrogen) atoms. The van der Waals surface area contributed by atoms with Gasteiger partial charge < -0.3 is 19.6 Å². The summed E-state index contributed by atoms with van der Waals surface area (Å²) in [4.78, 5) is 28.6. The second-order valence-corrected chi connectivity index (χ2v) is 9.73. The Bertz CT molecular complexity index is 941. The Kier molecular flexibility index (Phi) is 6.76. The van der Waals surface area contributed by atoms with E-state index in [0.717, 1.165) is 17.5 Å². The summed E-state index contributed by atoms with van der Waals surface area (Å²) in [5.74, 6) is -0.543. The molecule has 7 heteroatoms. The molecule has 4 atom stereocenters. The first-order valence-electron chi connectivity index (χ1n) is 11.1. The van der Waals surface area contributed by atoms with Crippen molar-refractivity contribution in [3.8, 4) is 0 Å². The van der Waals surface area contributed by atoms with Gasteiger partial charge in [-0.25, -0.2) is 4.79 Å². The van der Waals surface area contributed by atoms with E-state index in [-0.39, 0.29) is 12.1 Å². The molecule has 0 aromatic heterocycles. The molecule has 0 saturated carbocycles. The number of benzene rings is 2. The number of hydrogen-bond donors (Lipinski definition) is 1. The second-order valence-electron chi connectivity index (χ2n) is 8.45. The largest absolute Gasteiger partial charge is 0.469 e. The molecule has 0 aliphatic carbocycles. The summed E-state index contributed by atoms with van der Waals surface area (Å²) in [7, 11) is 1.36. The van der Waals surface area contributed by atoms with Crippen molar-refractivity contribution in [2.75, 3.05) is 12.9 Å². The van der Waals surface area contributed by atoms with Gasteiger partial charge in [0.2, 0.25) is 0 Å². The highest BCUT2D eigenvalue weighted by atomic mass is 32.2. The van der Waals surface area contributed by atoms with Crippen molar-refractivity contribution < 1.29 is 19.4 Å². The Hall–Kier alpha value is -2.51. The summed E-state index contributed by atoms with van der Waals surface area (Å²) in [5.41, 5.74) is 2.03. The third kappa shape index (κ3) is 4.11. The first kappa shape index (κ1) is 22.7. The summed E-state index contributed by atoms with van der Waals surface area (Å²) in [5, 5.41) is 11.9. The molecular formula is C25H30N2O4S. The Morgan fingerprint density at radius 2 is 1.66 bits per heavy atom. The van der Waals surface area contributed by atoms with E-state index in [1.807, 2.05) is 72.5 Å². The lowest BCUT2D eigenvalue weighted by atomic mass is 9.88. The Morgan fingerprint density at radius 3 is 2.19 bits per heavy atom. The number of methoxy groups -OCH3 is 1. The van der Waals surface area contributed by atoms with E-state index in [4.69, 9.17) is 4.74 Å². The third-order valence-electron chi connectivity index (χ3n) is 6.45. The fraction of sp³-hybridized carbons (Fsp3) is 0.440. The lowest BCUT2D eigenvalue weighted by Gasteiger charge is -2.38. The number of aliphatic hydroxyl groups is 1. The summed E-state index contributed by atoms with van der Waals surface area (Å²) in [6.07, 6.45) is 1.24. The average Bonchev–Trinajstić information content (AvgIpc) is 3.29. The van der Waals surface area contributed by atoms with E-state index in [9.17, 15) is 14.7 Å². The van der Waals surface area contributed by atoms with Crippen LogP contribution in [0.4, 0.5) is 4.79 Å². The molecule has 170 valence electrons. The lowest BCUT2D eigenvalue weighted by Crippen LogP contribution is -2.55. The van der Waals surface area contributed by atoms with Crippen molar-refractivity contribution in [3.63, 3.8) is 0 Å². The van der Waals surface area contributed by atoms with Crippen molar-refractivity contribution in [1.29, 1.82) is 0 Å². The maximum Gasteiger partial charge on any atom is 0.321 e. The molecule has 2 amide bonds. The molecule has 2 unspecified atom stereocenters. The van der Waals surface area contributed by atoms with Crippen LogP contribution in [0, 0.1) is 5.92 Å². The summed E-state index contributed by atoms with van der Waals surface area (Å²) >= 11 is 1.38. The zero-order valence-electron chi connectivity index (χ0n) is 18.5. The molecule has 0 bridgehead atoms. The predicted octanol–water partition coefficient (Wildman–Crippen LogP) is 3.89. The van der Waals surface area contributed by atoms with Gasteiger partial charge in [-0.15, -0.1) is 11.8 Å². The average molecular weight is 455 g/mol. The van der Waals surface area contributed by atoms with Gasteiger partial charge in [0, 0.05) is 18.8 Å². The van der Waals surface area contributed by atoms with Crippen LogP contribution in [-0.4, -0.2) is 56.8 Å². The summed E-state index contributed by atoms with van der Waals surface area (Å²) < 4.78 is 5.06. The number of carbonyl (C=O) groups excluding carboxylic acids is 2. The standard InChI is InChI=1S/C25H30N2O4S/c1-3-10-20(23(28)31-2)25(30)22-21(17-32-25)26(15-18-11-6-4-7-12-18)24(29)27(22)16-19-13-8-5-9-14-19/h4-9,11-14,20-22,30H,3,10,15-17H2,1-2H3/t20?,21-,22-,25?/m0/s1. The van der Waals surface area contributed by atoms with E-state index in [2.05, 4.69) is 0 Å². The van der Waals surface area contributed by atoms with Crippen LogP contribution in [0.15, 0.2) is 60.7 Å². The Balaban J connectivity index is 1.71. The van der Waals surface area contributed by atoms with E-state index >= 15 is 0 Å². The molecular weight excluding hydrogens is 424 g/mol. The van der Waals surface area contributed by atoms with E-state index in [1.54, 1.807) is 4.90 Å². The van der Waals surface area contributed by atoms with Crippen molar-refractivity contribution in [2.45, 2.75) is 49.9 Å². The first-order valence-corrected chi connectivity index (χ1v) is 12.1. The van der Waals surface area contributed by atoms with Gasteiger partial charge in [0.1, 0.15) is 4.93 Å². The maximum absolute atomic E-state index is 13.7. The molecule has 6 nitrogen and oxygen atoms in total. The number of carbonyl (C=O) groups is 2. The Labute approximate surface area is 193 Å². The van der Waals surface area contributed by atoms with Gasteiger partial charge in [-0.2, -0.15) is 0 Å². The van der Waals surface area contributed by atoms with Gasteiger partial charge in [-0.1, -0.05) is 74.0 Å². The zero-order chi connectivity index (χ0) is 22.7. The van der Waals surface area contributed by atoms with Gasteiger partial charge in [-0.3, -0.25) is 4.79 Å². The Morgan fingerprint density at radius 1 is 1.09 bits per heavy atom. The topological polar surface area (TPSA) is 70.1 Å². The first-order chi connectivity index (χ1) is 15.5. The SMILES string of the molecule is CCCC(C(=O)OC)C1(O)SC[C@H]2[C@@H]1N(Cc1ccccc1)C(=O)N2Cc1ccccc1. The summed E-state index contributed by atoms with van der Waals surface area (Å²) in [6, 6.07) is 18.9. The van der Waals surface area contributed by atoms with Crippen LogP contribution < -0.4 is 0 Å². The number of fused-ring (bicyclic) bond motifs is 1. The summed E-state index contributed by atoms with van der Waals surface area (Å²) in [6.45, 7) is 2.84. The molecule has 2 aromatic carbocycles. The molecule has 2 aliphatic rings. The van der Waals surface area contributed by atoms with Gasteiger partial charge in [0.15, 0.2) is 0 Å². The molecule has 0 spiro atoms. The molecule has 2 heterocycles. The molecule has 2 aromatic rings. The fourth-order valence-electron chi connectivity index (χ4n) is 4.93. The van der Waals surface area contributed by atoms with Crippen molar-refractivity contribution >= 4 is 23.8 Å². The molecule has 2 aliphatic heterocycles. The van der Waals surface area contributed by atoms with E-state index in [1.165, 1.54) is 18.9 Å². The van der Waals surface area contributed by atoms with Gasteiger partial charge >= 0.3 is 12.0 Å². The monoisotopic (exact) mass is 454 g/mol. The highest BCUT2D eigenvalue weighted by Gasteiger charge is 2.64. The number of urea groups is 1. The normalized spacial score (nSPS) is 25.7. The number of hydrogen-bond acceptors (Lipinski definition) is 5. The highest BCUT2D eigenvalue weighted by molar-refractivity contribution is 8.00. The number of nitrogens with zero attached hydrogens (tertiary/aromatic N) is 2. The predicted molar refractivity (Wildman–Crippen MR) is 125 cm³/mol. The van der Waals surface area contributed by atoms with Crippen LogP contribution in [0.5, 0.6) is 0 Å². The van der Waals surface area contributed by atoms with Gasteiger partial charge in [0.05, 0.1) is 25.1 Å². The van der Waals surface area contributed by atoms with Crippen molar-refractivity contribution in [3.05, 3.63) is 71.8 Å². The molecule has 0 radical (unpaired) electrons. The van der Waals surface area contributed by atoms with Crippen molar-refractivity contribution in [1.82, 2.24) is 9.80 Å². The maximum atomic E-state index is 13.7. The number of esters is 1. The smallest absolute Gasteiger partial charge is 0.321 e. The van der Waals surface area contributed by atoms with E-state index < -0.39 is 22.9 Å². The number of amides is 2. The minimum atomic E-state index is -1.40. The van der Waals surface area contributed by atoms with Crippen LogP contribution >= 0.6 is 11.8 Å². The molecule has 2 fully saturated rings. The zero-order valence-corrected chi connectivity index (χ0v) is 19.3. The van der Waals surface area contributed by atoms with Crippen molar-refractivity contribution in [2.24, 2.45) is 5.92 Å².